The topological polar surface area (TPSA) is 9.23 Å². The van der Waals surface area contributed by atoms with E-state index in [9.17, 15) is 0 Å². The van der Waals surface area contributed by atoms with Gasteiger partial charge in [-0.15, -0.1) is 11.6 Å². The van der Waals surface area contributed by atoms with E-state index in [1.54, 1.807) is 0 Å². The maximum atomic E-state index is 5.45. The van der Waals surface area contributed by atoms with Gasteiger partial charge in [0.2, 0.25) is 0 Å². The molecule has 10 heavy (non-hydrogen) atoms. The van der Waals surface area contributed by atoms with Crippen LogP contribution in [0.15, 0.2) is 12.2 Å². The van der Waals surface area contributed by atoms with E-state index < -0.39 is 0 Å². The molecule has 0 bridgehead atoms. The van der Waals surface area contributed by atoms with Crippen molar-refractivity contribution in [2.24, 2.45) is 0 Å². The lowest BCUT2D eigenvalue weighted by molar-refractivity contribution is 0.163. The Labute approximate surface area is 68.0 Å². The van der Waals surface area contributed by atoms with Crippen LogP contribution < -0.4 is 0 Å². The molecule has 0 rings (SSSR count). The highest BCUT2D eigenvalue weighted by Crippen LogP contribution is 1.87. The van der Waals surface area contributed by atoms with Crippen molar-refractivity contribution in [3.05, 3.63) is 12.2 Å². The zero-order chi connectivity index (χ0) is 7.66. The molecule has 0 atom stereocenters. The minimum atomic E-state index is 0.699. The fourth-order valence-electron chi connectivity index (χ4n) is 0.545. The largest absolute Gasteiger partial charge is 0.377 e. The Kier molecular flexibility index (Phi) is 8.98. The van der Waals surface area contributed by atoms with E-state index in [2.05, 4.69) is 6.92 Å². The molecule has 0 radical (unpaired) electrons. The molecular weight excluding hydrogens is 148 g/mol. The van der Waals surface area contributed by atoms with Crippen LogP contribution >= 0.6 is 11.6 Å². The van der Waals surface area contributed by atoms with Gasteiger partial charge in [0.15, 0.2) is 0 Å². The highest BCUT2D eigenvalue weighted by atomic mass is 35.5. The fraction of sp³-hybridized carbons (Fsp3) is 0.750. The lowest BCUT2D eigenvalue weighted by Crippen LogP contribution is -1.91. The molecule has 0 aliphatic rings. The molecule has 0 heterocycles. The maximum absolute atomic E-state index is 5.45. The van der Waals surface area contributed by atoms with E-state index in [1.807, 2.05) is 12.2 Å². The van der Waals surface area contributed by atoms with E-state index in [4.69, 9.17) is 16.3 Å². The molecule has 0 spiro atoms. The molecule has 0 fully saturated rings. The zero-order valence-corrected chi connectivity index (χ0v) is 7.23. The van der Waals surface area contributed by atoms with Crippen molar-refractivity contribution in [1.29, 1.82) is 0 Å². The molecule has 0 aromatic rings. The van der Waals surface area contributed by atoms with Gasteiger partial charge in [-0.25, -0.2) is 0 Å². The summed E-state index contributed by atoms with van der Waals surface area (Å²) in [5, 5.41) is 0. The summed E-state index contributed by atoms with van der Waals surface area (Å²) in [5.41, 5.74) is 0. The van der Waals surface area contributed by atoms with Gasteiger partial charge in [-0.3, -0.25) is 0 Å². The predicted octanol–water partition coefficient (Wildman–Crippen LogP) is 2.60. The summed E-state index contributed by atoms with van der Waals surface area (Å²) in [4.78, 5) is 0. The van der Waals surface area contributed by atoms with Crippen LogP contribution in [0.3, 0.4) is 0 Å². The summed E-state index contributed by atoms with van der Waals surface area (Å²) in [6.07, 6.45) is 6.08. The average Bonchev–Trinajstić information content (AvgIpc) is 1.97. The van der Waals surface area contributed by atoms with Crippen molar-refractivity contribution in [3.8, 4) is 0 Å². The Morgan fingerprint density at radius 1 is 1.40 bits per heavy atom. The highest BCUT2D eigenvalue weighted by Gasteiger charge is 1.78. The third kappa shape index (κ3) is 7.99. The van der Waals surface area contributed by atoms with E-state index in [-0.39, 0.29) is 0 Å². The third-order valence-corrected chi connectivity index (χ3v) is 1.22. The first-order chi connectivity index (χ1) is 4.91. The summed E-state index contributed by atoms with van der Waals surface area (Å²) >= 11 is 5.45. The first kappa shape index (κ1) is 9.99. The van der Waals surface area contributed by atoms with Crippen molar-refractivity contribution in [2.75, 3.05) is 19.1 Å². The van der Waals surface area contributed by atoms with Crippen LogP contribution in [0.2, 0.25) is 0 Å². The molecule has 60 valence electrons. The minimum Gasteiger partial charge on any atom is -0.377 e. The van der Waals surface area contributed by atoms with Crippen LogP contribution in [0.25, 0.3) is 0 Å². The number of alkyl halides is 1. The smallest absolute Gasteiger partial charge is 0.0647 e. The Bertz CT molecular complexity index is 81.3. The second-order valence-corrected chi connectivity index (χ2v) is 2.40. The van der Waals surface area contributed by atoms with Crippen LogP contribution in [0.1, 0.15) is 19.8 Å². The van der Waals surface area contributed by atoms with Crippen LogP contribution in [0.4, 0.5) is 0 Å². The number of hydrogen-bond donors (Lipinski definition) is 0. The molecule has 0 aliphatic carbocycles. The molecule has 2 heteroatoms. The summed E-state index contributed by atoms with van der Waals surface area (Å²) in [6, 6.07) is 0. The van der Waals surface area contributed by atoms with Crippen molar-refractivity contribution in [1.82, 2.24) is 0 Å². The van der Waals surface area contributed by atoms with E-state index >= 15 is 0 Å². The number of rotatable bonds is 6. The van der Waals surface area contributed by atoms with E-state index in [0.717, 1.165) is 26.1 Å². The third-order valence-electron chi connectivity index (χ3n) is 1.00. The van der Waals surface area contributed by atoms with Crippen LogP contribution in [-0.4, -0.2) is 19.1 Å². The molecule has 1 nitrogen and oxygen atoms in total. The summed E-state index contributed by atoms with van der Waals surface area (Å²) in [5.74, 6) is 0.699. The SMILES string of the molecule is CCCOC/C=C/CCCl. The summed E-state index contributed by atoms with van der Waals surface area (Å²) in [7, 11) is 0. The first-order valence-electron chi connectivity index (χ1n) is 3.70. The van der Waals surface area contributed by atoms with Gasteiger partial charge in [-0.2, -0.15) is 0 Å². The predicted molar refractivity (Wildman–Crippen MR) is 45.6 cm³/mol. The molecule has 0 amide bonds. The molecule has 0 unspecified atom stereocenters. The lowest BCUT2D eigenvalue weighted by atomic mass is 10.4. The van der Waals surface area contributed by atoms with Gasteiger partial charge in [-0.1, -0.05) is 19.1 Å². The highest BCUT2D eigenvalue weighted by molar-refractivity contribution is 6.17. The standard InChI is InChI=1S/C8H15ClO/c1-2-7-10-8-5-3-4-6-9/h3,5H,2,4,6-8H2,1H3/b5-3+. The Morgan fingerprint density at radius 3 is 2.80 bits per heavy atom. The number of ether oxygens (including phenoxy) is 1. The lowest BCUT2D eigenvalue weighted by Gasteiger charge is -1.94. The van der Waals surface area contributed by atoms with Gasteiger partial charge < -0.3 is 4.74 Å². The molecule has 0 aliphatic heterocycles. The summed E-state index contributed by atoms with van der Waals surface area (Å²) < 4.78 is 5.20. The van der Waals surface area contributed by atoms with Crippen molar-refractivity contribution >= 4 is 11.6 Å². The fourth-order valence-corrected chi connectivity index (χ4v) is 0.671. The molecule has 0 N–H and O–H groups in total. The second-order valence-electron chi connectivity index (χ2n) is 2.02. The Balaban J connectivity index is 2.88. The number of hydrogen-bond acceptors (Lipinski definition) is 1. The van der Waals surface area contributed by atoms with Crippen LogP contribution in [0.5, 0.6) is 0 Å². The average molecular weight is 163 g/mol. The quantitative estimate of drug-likeness (QED) is 0.332. The van der Waals surface area contributed by atoms with Gasteiger partial charge in [0.1, 0.15) is 0 Å². The van der Waals surface area contributed by atoms with Crippen LogP contribution in [-0.2, 0) is 4.74 Å². The first-order valence-corrected chi connectivity index (χ1v) is 4.24. The molecule has 0 saturated carbocycles. The normalized spacial score (nSPS) is 11.0. The second kappa shape index (κ2) is 8.99. The van der Waals surface area contributed by atoms with Crippen molar-refractivity contribution in [3.63, 3.8) is 0 Å². The maximum Gasteiger partial charge on any atom is 0.0647 e. The van der Waals surface area contributed by atoms with Gasteiger partial charge in [0, 0.05) is 12.5 Å². The molecule has 0 saturated heterocycles. The Hall–Kier alpha value is -0.0100. The minimum absolute atomic E-state index is 0.699. The number of halogens is 1. The van der Waals surface area contributed by atoms with Crippen molar-refractivity contribution in [2.45, 2.75) is 19.8 Å². The van der Waals surface area contributed by atoms with Gasteiger partial charge >= 0.3 is 0 Å². The van der Waals surface area contributed by atoms with E-state index in [1.165, 1.54) is 0 Å². The van der Waals surface area contributed by atoms with Crippen molar-refractivity contribution < 1.29 is 4.74 Å². The van der Waals surface area contributed by atoms with Gasteiger partial charge in [0.25, 0.3) is 0 Å². The van der Waals surface area contributed by atoms with Crippen LogP contribution in [0, 0.1) is 0 Å². The molecular formula is C8H15ClO. The zero-order valence-electron chi connectivity index (χ0n) is 6.48. The molecule has 0 aromatic carbocycles. The Morgan fingerprint density at radius 2 is 2.20 bits per heavy atom. The number of allylic oxidation sites excluding steroid dienone is 1. The molecule has 0 aromatic heterocycles. The van der Waals surface area contributed by atoms with Gasteiger partial charge in [-0.05, 0) is 12.8 Å². The monoisotopic (exact) mass is 162 g/mol. The van der Waals surface area contributed by atoms with Gasteiger partial charge in [0.05, 0.1) is 6.61 Å². The summed E-state index contributed by atoms with van der Waals surface area (Å²) in [6.45, 7) is 3.68. The van der Waals surface area contributed by atoms with E-state index in [0.29, 0.717) is 5.88 Å².